The van der Waals surface area contributed by atoms with Crippen molar-refractivity contribution in [2.75, 3.05) is 7.05 Å². The number of carbonyl (C=O) groups is 1. The molecule has 1 heterocycles. The zero-order valence-corrected chi connectivity index (χ0v) is 5.66. The summed E-state index contributed by atoms with van der Waals surface area (Å²) in [5.41, 5.74) is 0. The number of rotatable bonds is 1. The molecule has 3 heteroatoms. The molecule has 50 valence electrons. The molecule has 1 aliphatic heterocycles. The van der Waals surface area contributed by atoms with Gasteiger partial charge in [0.05, 0.1) is 5.92 Å². The number of hydrogen-bond acceptors (Lipinski definition) is 2. The van der Waals surface area contributed by atoms with Crippen molar-refractivity contribution in [1.29, 1.82) is 0 Å². The smallest absolute Gasteiger partial charge is 0.250 e. The fourth-order valence-corrected chi connectivity index (χ4v) is 0.821. The van der Waals surface area contributed by atoms with Crippen LogP contribution in [0.4, 0.5) is 0 Å². The molecule has 0 saturated carbocycles. The highest BCUT2D eigenvalue weighted by Crippen LogP contribution is 2.09. The molecule has 1 rings (SSSR count). The monoisotopic (exact) mass is 126 g/mol. The quantitative estimate of drug-likeness (QED) is 0.502. The lowest BCUT2D eigenvalue weighted by molar-refractivity contribution is -0.130. The Morgan fingerprint density at radius 3 is 2.78 bits per heavy atom. The first-order valence-corrected chi connectivity index (χ1v) is 3.07. The summed E-state index contributed by atoms with van der Waals surface area (Å²) in [5, 5.41) is 5.21. The maximum absolute atomic E-state index is 10.9. The third kappa shape index (κ3) is 0.943. The molecule has 0 aromatic carbocycles. The van der Waals surface area contributed by atoms with Crippen molar-refractivity contribution >= 4 is 12.1 Å². The van der Waals surface area contributed by atoms with Crippen LogP contribution >= 0.6 is 0 Å². The number of nitrogens with zero attached hydrogens (tertiary/aromatic N) is 2. The van der Waals surface area contributed by atoms with Gasteiger partial charge in [-0.2, -0.15) is 5.10 Å². The van der Waals surface area contributed by atoms with Gasteiger partial charge in [0.2, 0.25) is 0 Å². The third-order valence-electron chi connectivity index (χ3n) is 1.50. The molecule has 0 unspecified atom stereocenters. The van der Waals surface area contributed by atoms with E-state index in [0.717, 1.165) is 6.42 Å². The van der Waals surface area contributed by atoms with Crippen LogP contribution in [-0.4, -0.2) is 24.2 Å². The number of carbonyl (C=O) groups excluding carboxylic acids is 1. The maximum Gasteiger partial charge on any atom is 0.250 e. The molecule has 0 aromatic rings. The van der Waals surface area contributed by atoms with E-state index in [1.807, 2.05) is 6.92 Å². The van der Waals surface area contributed by atoms with Crippen LogP contribution in [0.2, 0.25) is 0 Å². The molecule has 1 aliphatic rings. The fraction of sp³-hybridized carbons (Fsp3) is 0.667. The minimum atomic E-state index is 0.0370. The van der Waals surface area contributed by atoms with Gasteiger partial charge in [-0.15, -0.1) is 0 Å². The summed E-state index contributed by atoms with van der Waals surface area (Å²) in [4.78, 5) is 10.9. The highest BCUT2D eigenvalue weighted by molar-refractivity contribution is 5.96. The first-order chi connectivity index (χ1) is 4.25. The van der Waals surface area contributed by atoms with Gasteiger partial charge >= 0.3 is 0 Å². The van der Waals surface area contributed by atoms with Crippen LogP contribution in [0.1, 0.15) is 13.3 Å². The van der Waals surface area contributed by atoms with E-state index < -0.39 is 0 Å². The van der Waals surface area contributed by atoms with E-state index in [9.17, 15) is 4.79 Å². The van der Waals surface area contributed by atoms with E-state index in [1.165, 1.54) is 5.01 Å². The van der Waals surface area contributed by atoms with Crippen molar-refractivity contribution in [3.8, 4) is 0 Å². The van der Waals surface area contributed by atoms with Gasteiger partial charge < -0.3 is 0 Å². The molecule has 0 bridgehead atoms. The van der Waals surface area contributed by atoms with Crippen LogP contribution < -0.4 is 0 Å². The van der Waals surface area contributed by atoms with Gasteiger partial charge in [-0.3, -0.25) is 4.79 Å². The van der Waals surface area contributed by atoms with Crippen molar-refractivity contribution in [2.45, 2.75) is 13.3 Å². The lowest BCUT2D eigenvalue weighted by Crippen LogP contribution is -2.21. The molecule has 3 nitrogen and oxygen atoms in total. The maximum atomic E-state index is 10.9. The Kier molecular flexibility index (Phi) is 1.51. The first kappa shape index (κ1) is 6.26. The van der Waals surface area contributed by atoms with Crippen LogP contribution in [0.5, 0.6) is 0 Å². The van der Waals surface area contributed by atoms with E-state index in [0.29, 0.717) is 0 Å². The summed E-state index contributed by atoms with van der Waals surface area (Å²) in [5.74, 6) is 0.146. The van der Waals surface area contributed by atoms with E-state index in [2.05, 4.69) is 5.10 Å². The van der Waals surface area contributed by atoms with Crippen molar-refractivity contribution < 1.29 is 4.79 Å². The molecular weight excluding hydrogens is 116 g/mol. The Morgan fingerprint density at radius 2 is 2.56 bits per heavy atom. The summed E-state index contributed by atoms with van der Waals surface area (Å²) in [6, 6.07) is 0. The van der Waals surface area contributed by atoms with Crippen LogP contribution in [0.3, 0.4) is 0 Å². The first-order valence-electron chi connectivity index (χ1n) is 3.07. The number of hydrazone groups is 1. The van der Waals surface area contributed by atoms with E-state index in [4.69, 9.17) is 0 Å². The number of amides is 1. The van der Waals surface area contributed by atoms with E-state index >= 15 is 0 Å². The van der Waals surface area contributed by atoms with Crippen LogP contribution in [0, 0.1) is 5.92 Å². The Bertz CT molecular complexity index is 153. The molecule has 9 heavy (non-hydrogen) atoms. The predicted octanol–water partition coefficient (Wildman–Crippen LogP) is 0.470. The molecule has 0 N–H and O–H groups in total. The Balaban J connectivity index is 2.62. The standard InChI is InChI=1S/C6H10N2O/c1-3-5-4-7-8(2)6(5)9/h4-5H,3H2,1-2H3/t5-/m0/s1. The molecule has 0 radical (unpaired) electrons. The second-order valence-electron chi connectivity index (χ2n) is 2.14. The van der Waals surface area contributed by atoms with Gasteiger partial charge in [0.1, 0.15) is 0 Å². The fourth-order valence-electron chi connectivity index (χ4n) is 0.821. The van der Waals surface area contributed by atoms with Gasteiger partial charge in [-0.05, 0) is 6.42 Å². The minimum Gasteiger partial charge on any atom is -0.272 e. The molecule has 0 spiro atoms. The minimum absolute atomic E-state index is 0.0370. The summed E-state index contributed by atoms with van der Waals surface area (Å²) in [6.07, 6.45) is 2.55. The van der Waals surface area contributed by atoms with Crippen molar-refractivity contribution in [1.82, 2.24) is 5.01 Å². The molecule has 1 atom stereocenters. The average molecular weight is 126 g/mol. The predicted molar refractivity (Wildman–Crippen MR) is 35.0 cm³/mol. The van der Waals surface area contributed by atoms with Crippen LogP contribution in [0.15, 0.2) is 5.10 Å². The SMILES string of the molecule is CC[C@H]1C=NN(C)C1=O. The van der Waals surface area contributed by atoms with E-state index in [-0.39, 0.29) is 11.8 Å². The second-order valence-corrected chi connectivity index (χ2v) is 2.14. The lowest BCUT2D eigenvalue weighted by atomic mass is 10.1. The molecular formula is C6H10N2O. The largest absolute Gasteiger partial charge is 0.272 e. The summed E-state index contributed by atoms with van der Waals surface area (Å²) >= 11 is 0. The Morgan fingerprint density at radius 1 is 1.89 bits per heavy atom. The van der Waals surface area contributed by atoms with Crippen LogP contribution in [-0.2, 0) is 4.79 Å². The molecule has 1 amide bonds. The van der Waals surface area contributed by atoms with Gasteiger partial charge in [0, 0.05) is 13.3 Å². The molecule has 0 saturated heterocycles. The van der Waals surface area contributed by atoms with Crippen molar-refractivity contribution in [3.63, 3.8) is 0 Å². The highest BCUT2D eigenvalue weighted by Gasteiger charge is 2.22. The third-order valence-corrected chi connectivity index (χ3v) is 1.50. The van der Waals surface area contributed by atoms with Gasteiger partial charge in [-0.1, -0.05) is 6.92 Å². The topological polar surface area (TPSA) is 32.7 Å². The van der Waals surface area contributed by atoms with Gasteiger partial charge in [0.25, 0.3) is 5.91 Å². The van der Waals surface area contributed by atoms with Crippen molar-refractivity contribution in [3.05, 3.63) is 0 Å². The zero-order chi connectivity index (χ0) is 6.85. The highest BCUT2D eigenvalue weighted by atomic mass is 16.2. The van der Waals surface area contributed by atoms with Crippen molar-refractivity contribution in [2.24, 2.45) is 11.0 Å². The zero-order valence-electron chi connectivity index (χ0n) is 5.66. The van der Waals surface area contributed by atoms with Gasteiger partial charge in [-0.25, -0.2) is 5.01 Å². The van der Waals surface area contributed by atoms with Gasteiger partial charge in [0.15, 0.2) is 0 Å². The normalized spacial score (nSPS) is 25.8. The second kappa shape index (κ2) is 2.17. The molecule has 0 aliphatic carbocycles. The molecule has 0 fully saturated rings. The summed E-state index contributed by atoms with van der Waals surface area (Å²) in [6.45, 7) is 1.98. The Hall–Kier alpha value is -0.860. The van der Waals surface area contributed by atoms with Crippen LogP contribution in [0.25, 0.3) is 0 Å². The number of hydrogen-bond donors (Lipinski definition) is 0. The Labute approximate surface area is 54.3 Å². The average Bonchev–Trinajstić information content (AvgIpc) is 2.15. The lowest BCUT2D eigenvalue weighted by Gasteiger charge is -2.04. The summed E-state index contributed by atoms with van der Waals surface area (Å²) in [7, 11) is 1.68. The summed E-state index contributed by atoms with van der Waals surface area (Å²) < 4.78 is 0. The van der Waals surface area contributed by atoms with E-state index in [1.54, 1.807) is 13.3 Å². The molecule has 0 aromatic heterocycles.